The summed E-state index contributed by atoms with van der Waals surface area (Å²) in [5.74, 6) is 0. The monoisotopic (exact) mass is 287 g/mol. The highest BCUT2D eigenvalue weighted by atomic mass is 32.1. The average molecular weight is 287 g/mol. The molecular formula is C16H21N3S. The lowest BCUT2D eigenvalue weighted by atomic mass is 9.94. The van der Waals surface area contributed by atoms with Crippen molar-refractivity contribution in [2.75, 3.05) is 13.1 Å². The highest BCUT2D eigenvalue weighted by Gasteiger charge is 2.34. The summed E-state index contributed by atoms with van der Waals surface area (Å²) < 4.78 is 0. The molecule has 3 nitrogen and oxygen atoms in total. The topological polar surface area (TPSA) is 28.2 Å². The molecule has 1 aliphatic heterocycles. The van der Waals surface area contributed by atoms with Crippen LogP contribution in [0.3, 0.4) is 0 Å². The molecule has 3 rings (SSSR count). The second-order valence-electron chi connectivity index (χ2n) is 5.96. The molecule has 0 amide bonds. The van der Waals surface area contributed by atoms with E-state index in [9.17, 15) is 0 Å². The zero-order valence-electron chi connectivity index (χ0n) is 12.0. The van der Waals surface area contributed by atoms with Crippen molar-refractivity contribution in [3.05, 3.63) is 52.5 Å². The number of nitrogens with one attached hydrogen (secondary N) is 1. The van der Waals surface area contributed by atoms with Gasteiger partial charge in [0.25, 0.3) is 0 Å². The van der Waals surface area contributed by atoms with Crippen molar-refractivity contribution in [1.29, 1.82) is 0 Å². The Bertz CT molecular complexity index is 536. The van der Waals surface area contributed by atoms with E-state index >= 15 is 0 Å². The van der Waals surface area contributed by atoms with Crippen LogP contribution >= 0.6 is 11.3 Å². The van der Waals surface area contributed by atoms with E-state index in [0.29, 0.717) is 6.04 Å². The molecule has 1 aliphatic rings. The van der Waals surface area contributed by atoms with Crippen molar-refractivity contribution in [3.63, 3.8) is 0 Å². The Morgan fingerprint density at radius 3 is 2.85 bits per heavy atom. The van der Waals surface area contributed by atoms with Crippen molar-refractivity contribution >= 4 is 11.3 Å². The Morgan fingerprint density at radius 2 is 2.15 bits per heavy atom. The number of piperazine rings is 1. The summed E-state index contributed by atoms with van der Waals surface area (Å²) in [6, 6.07) is 11.1. The van der Waals surface area contributed by atoms with E-state index in [1.54, 1.807) is 11.3 Å². The van der Waals surface area contributed by atoms with E-state index < -0.39 is 0 Å². The molecule has 20 heavy (non-hydrogen) atoms. The normalized spacial score (nSPS) is 22.8. The van der Waals surface area contributed by atoms with E-state index in [1.165, 1.54) is 10.6 Å². The first kappa shape index (κ1) is 13.7. The molecule has 4 heteroatoms. The average Bonchev–Trinajstić information content (AvgIpc) is 2.95. The third-order valence-corrected chi connectivity index (χ3v) is 4.82. The summed E-state index contributed by atoms with van der Waals surface area (Å²) in [5.41, 5.74) is 1.53. The highest BCUT2D eigenvalue weighted by molar-refractivity contribution is 7.09. The molecule has 0 radical (unpaired) electrons. The van der Waals surface area contributed by atoms with Crippen molar-refractivity contribution in [3.8, 4) is 0 Å². The molecule has 1 aromatic heterocycles. The molecule has 0 saturated carbocycles. The summed E-state index contributed by atoms with van der Waals surface area (Å²) in [4.78, 5) is 6.97. The number of aromatic nitrogens is 1. The summed E-state index contributed by atoms with van der Waals surface area (Å²) in [6.07, 6.45) is 1.89. The van der Waals surface area contributed by atoms with Crippen molar-refractivity contribution in [2.45, 2.75) is 32.0 Å². The lowest BCUT2D eigenvalue weighted by molar-refractivity contribution is 0.0583. The molecule has 2 heterocycles. The predicted octanol–water partition coefficient (Wildman–Crippen LogP) is 3.07. The second kappa shape index (κ2) is 5.64. The van der Waals surface area contributed by atoms with Crippen LogP contribution in [0.1, 0.15) is 30.5 Å². The minimum absolute atomic E-state index is 0.164. The van der Waals surface area contributed by atoms with Gasteiger partial charge in [0.05, 0.1) is 6.54 Å². The van der Waals surface area contributed by atoms with Gasteiger partial charge in [-0.1, -0.05) is 30.3 Å². The van der Waals surface area contributed by atoms with E-state index in [2.05, 4.69) is 64.8 Å². The van der Waals surface area contributed by atoms with Gasteiger partial charge in [-0.05, 0) is 19.4 Å². The van der Waals surface area contributed by atoms with Crippen LogP contribution in [0, 0.1) is 0 Å². The van der Waals surface area contributed by atoms with Crippen molar-refractivity contribution < 1.29 is 0 Å². The summed E-state index contributed by atoms with van der Waals surface area (Å²) in [5, 5.41) is 6.93. The summed E-state index contributed by atoms with van der Waals surface area (Å²) in [7, 11) is 0. The quantitative estimate of drug-likeness (QED) is 0.940. The van der Waals surface area contributed by atoms with E-state index in [1.807, 2.05) is 6.20 Å². The van der Waals surface area contributed by atoms with E-state index in [0.717, 1.165) is 19.6 Å². The standard InChI is InChI=1S/C16H21N3S/c1-16(2)12-18-14(13-6-4-3-5-7-13)10-19(16)11-15-17-8-9-20-15/h3-9,14,18H,10-12H2,1-2H3. The van der Waals surface area contributed by atoms with Crippen LogP contribution in [0.5, 0.6) is 0 Å². The number of hydrogen-bond donors (Lipinski definition) is 1. The van der Waals surface area contributed by atoms with Crippen LogP contribution < -0.4 is 5.32 Å². The Balaban J connectivity index is 1.76. The predicted molar refractivity (Wildman–Crippen MR) is 83.8 cm³/mol. The van der Waals surface area contributed by atoms with Crippen LogP contribution in [0.2, 0.25) is 0 Å². The highest BCUT2D eigenvalue weighted by Crippen LogP contribution is 2.27. The number of thiazole rings is 1. The molecule has 1 aromatic carbocycles. The first-order valence-electron chi connectivity index (χ1n) is 7.07. The van der Waals surface area contributed by atoms with Gasteiger partial charge < -0.3 is 5.32 Å². The van der Waals surface area contributed by atoms with Gasteiger partial charge in [0.1, 0.15) is 5.01 Å². The lowest BCUT2D eigenvalue weighted by Crippen LogP contribution is -2.58. The van der Waals surface area contributed by atoms with Gasteiger partial charge in [0.15, 0.2) is 0 Å². The molecule has 1 N–H and O–H groups in total. The molecule has 0 bridgehead atoms. The van der Waals surface area contributed by atoms with Gasteiger partial charge in [-0.3, -0.25) is 4.90 Å². The minimum atomic E-state index is 0.164. The maximum Gasteiger partial charge on any atom is 0.107 e. The zero-order valence-corrected chi connectivity index (χ0v) is 12.9. The smallest absolute Gasteiger partial charge is 0.107 e. The summed E-state index contributed by atoms with van der Waals surface area (Å²) >= 11 is 1.74. The van der Waals surface area contributed by atoms with Crippen molar-refractivity contribution in [1.82, 2.24) is 15.2 Å². The molecule has 1 saturated heterocycles. The first-order valence-corrected chi connectivity index (χ1v) is 7.95. The van der Waals surface area contributed by atoms with Crippen LogP contribution in [0.4, 0.5) is 0 Å². The molecule has 1 atom stereocenters. The maximum atomic E-state index is 4.43. The van der Waals surface area contributed by atoms with Crippen LogP contribution in [-0.4, -0.2) is 28.5 Å². The Labute approximate surface area is 124 Å². The fourth-order valence-corrected chi connectivity index (χ4v) is 3.33. The van der Waals surface area contributed by atoms with Gasteiger partial charge in [0.2, 0.25) is 0 Å². The summed E-state index contributed by atoms with van der Waals surface area (Å²) in [6.45, 7) is 7.56. The Hall–Kier alpha value is -1.23. The number of rotatable bonds is 3. The molecule has 2 aromatic rings. The number of nitrogens with zero attached hydrogens (tertiary/aromatic N) is 2. The molecule has 1 unspecified atom stereocenters. The van der Waals surface area contributed by atoms with Crippen LogP contribution in [0.25, 0.3) is 0 Å². The van der Waals surface area contributed by atoms with Gasteiger partial charge in [0, 0.05) is 36.2 Å². The zero-order chi connectivity index (χ0) is 14.0. The molecule has 0 aliphatic carbocycles. The Morgan fingerprint density at radius 1 is 1.35 bits per heavy atom. The second-order valence-corrected chi connectivity index (χ2v) is 6.94. The van der Waals surface area contributed by atoms with Gasteiger partial charge >= 0.3 is 0 Å². The van der Waals surface area contributed by atoms with Gasteiger partial charge in [-0.15, -0.1) is 11.3 Å². The fraction of sp³-hybridized carbons (Fsp3) is 0.438. The Kier molecular flexibility index (Phi) is 3.87. The third-order valence-electron chi connectivity index (χ3n) is 4.05. The van der Waals surface area contributed by atoms with Crippen molar-refractivity contribution in [2.24, 2.45) is 0 Å². The fourth-order valence-electron chi connectivity index (χ4n) is 2.70. The van der Waals surface area contributed by atoms with E-state index in [4.69, 9.17) is 0 Å². The molecule has 106 valence electrons. The van der Waals surface area contributed by atoms with Gasteiger partial charge in [-0.2, -0.15) is 0 Å². The van der Waals surface area contributed by atoms with Gasteiger partial charge in [-0.25, -0.2) is 4.98 Å². The number of benzene rings is 1. The van der Waals surface area contributed by atoms with Crippen LogP contribution in [-0.2, 0) is 6.54 Å². The lowest BCUT2D eigenvalue weighted by Gasteiger charge is -2.46. The third kappa shape index (κ3) is 2.92. The largest absolute Gasteiger partial charge is 0.307 e. The molecular weight excluding hydrogens is 266 g/mol. The SMILES string of the molecule is CC1(C)CNC(c2ccccc2)CN1Cc1nccs1. The number of hydrogen-bond acceptors (Lipinski definition) is 4. The first-order chi connectivity index (χ1) is 9.65. The molecule has 1 fully saturated rings. The minimum Gasteiger partial charge on any atom is -0.307 e. The molecule has 0 spiro atoms. The van der Waals surface area contributed by atoms with E-state index in [-0.39, 0.29) is 5.54 Å². The maximum absolute atomic E-state index is 4.43. The van der Waals surface area contributed by atoms with Crippen LogP contribution in [0.15, 0.2) is 41.9 Å².